The van der Waals surface area contributed by atoms with Crippen molar-refractivity contribution in [3.8, 4) is 0 Å². The molecule has 0 saturated heterocycles. The topological polar surface area (TPSA) is 46.2 Å². The maximum atomic E-state index is 13.4. The minimum absolute atomic E-state index is 0.0302. The third kappa shape index (κ3) is 4.52. The number of hydrogen-bond donors (Lipinski definition) is 1. The summed E-state index contributed by atoms with van der Waals surface area (Å²) in [5.41, 5.74) is 0.706. The van der Waals surface area contributed by atoms with Gasteiger partial charge in [0.05, 0.1) is 11.4 Å². The Hall–Kier alpha value is -0.810. The second kappa shape index (κ2) is 5.69. The fourth-order valence-electron chi connectivity index (χ4n) is 1.33. The van der Waals surface area contributed by atoms with Gasteiger partial charge in [-0.2, -0.15) is 0 Å². The minimum Gasteiger partial charge on any atom is -0.281 e. The molecule has 0 bridgehead atoms. The van der Waals surface area contributed by atoms with E-state index in [1.54, 1.807) is 19.9 Å². The second-order valence-corrected chi connectivity index (χ2v) is 6.20. The largest absolute Gasteiger partial charge is 0.281 e. The molecule has 96 valence electrons. The molecular formula is C11H15ClFNO2S. The zero-order valence-electron chi connectivity index (χ0n) is 9.70. The number of halogens is 2. The zero-order chi connectivity index (χ0) is 13.1. The molecule has 0 amide bonds. The summed E-state index contributed by atoms with van der Waals surface area (Å²) < 4.78 is 39.0. The number of sulfonamides is 1. The van der Waals surface area contributed by atoms with E-state index in [1.807, 2.05) is 0 Å². The highest BCUT2D eigenvalue weighted by atomic mass is 35.5. The molecule has 0 fully saturated rings. The van der Waals surface area contributed by atoms with Crippen LogP contribution in [0.1, 0.15) is 12.5 Å². The fourth-order valence-corrected chi connectivity index (χ4v) is 3.02. The first kappa shape index (κ1) is 14.3. The molecule has 3 nitrogen and oxygen atoms in total. The lowest BCUT2D eigenvalue weighted by atomic mass is 10.2. The molecule has 0 radical (unpaired) electrons. The molecule has 0 spiro atoms. The van der Waals surface area contributed by atoms with Gasteiger partial charge in [0.1, 0.15) is 5.82 Å². The molecule has 1 atom stereocenters. The molecule has 1 N–H and O–H groups in total. The lowest BCUT2D eigenvalue weighted by Gasteiger charge is -2.11. The van der Waals surface area contributed by atoms with E-state index in [0.717, 1.165) is 5.56 Å². The van der Waals surface area contributed by atoms with Crippen LogP contribution in [0.4, 0.5) is 10.1 Å². The van der Waals surface area contributed by atoms with Crippen LogP contribution >= 0.6 is 11.6 Å². The van der Waals surface area contributed by atoms with Crippen molar-refractivity contribution in [3.05, 3.63) is 29.6 Å². The standard InChI is InChI=1S/C11H15ClFNO2S/c1-8-3-4-11(10(13)5-8)14-17(15,16)7-9(2)6-12/h3-5,9,14H,6-7H2,1-2H3. The predicted octanol–water partition coefficient (Wildman–Crippen LogP) is 2.75. The molecule has 0 aliphatic rings. The number of rotatable bonds is 5. The Balaban J connectivity index is 2.83. The average molecular weight is 280 g/mol. The Bertz CT molecular complexity index is 490. The third-order valence-corrected chi connectivity index (χ3v) is 4.22. The molecule has 0 aliphatic carbocycles. The van der Waals surface area contributed by atoms with E-state index in [0.29, 0.717) is 0 Å². The van der Waals surface area contributed by atoms with Crippen LogP contribution < -0.4 is 4.72 Å². The first-order valence-electron chi connectivity index (χ1n) is 5.16. The molecule has 0 aliphatic heterocycles. The molecule has 0 saturated carbocycles. The highest BCUT2D eigenvalue weighted by Gasteiger charge is 2.16. The summed E-state index contributed by atoms with van der Waals surface area (Å²) >= 11 is 5.55. The average Bonchev–Trinajstić information content (AvgIpc) is 2.21. The number of alkyl halides is 1. The molecular weight excluding hydrogens is 265 g/mol. The molecule has 1 rings (SSSR count). The van der Waals surface area contributed by atoms with Crippen molar-refractivity contribution in [2.24, 2.45) is 5.92 Å². The van der Waals surface area contributed by atoms with Crippen LogP contribution in [0.5, 0.6) is 0 Å². The first-order chi connectivity index (χ1) is 7.84. The van der Waals surface area contributed by atoms with Crippen molar-refractivity contribution in [1.29, 1.82) is 0 Å². The smallest absolute Gasteiger partial charge is 0.233 e. The number of anilines is 1. The van der Waals surface area contributed by atoms with E-state index < -0.39 is 15.8 Å². The quantitative estimate of drug-likeness (QED) is 0.843. The number of nitrogens with one attached hydrogen (secondary N) is 1. The number of aryl methyl sites for hydroxylation is 1. The maximum Gasteiger partial charge on any atom is 0.233 e. The van der Waals surface area contributed by atoms with Gasteiger partial charge in [0.15, 0.2) is 0 Å². The van der Waals surface area contributed by atoms with E-state index in [9.17, 15) is 12.8 Å². The van der Waals surface area contributed by atoms with Crippen molar-refractivity contribution in [1.82, 2.24) is 0 Å². The molecule has 1 aromatic carbocycles. The van der Waals surface area contributed by atoms with E-state index in [2.05, 4.69) is 4.72 Å². The van der Waals surface area contributed by atoms with E-state index in [4.69, 9.17) is 11.6 Å². The Labute approximate surface area is 106 Å². The van der Waals surface area contributed by atoms with Gasteiger partial charge in [-0.1, -0.05) is 13.0 Å². The number of hydrogen-bond acceptors (Lipinski definition) is 2. The van der Waals surface area contributed by atoms with Gasteiger partial charge in [-0.25, -0.2) is 12.8 Å². The van der Waals surface area contributed by atoms with Crippen molar-refractivity contribution in [3.63, 3.8) is 0 Å². The molecule has 0 aromatic heterocycles. The fraction of sp³-hybridized carbons (Fsp3) is 0.455. The van der Waals surface area contributed by atoms with Gasteiger partial charge in [-0.05, 0) is 30.5 Å². The van der Waals surface area contributed by atoms with Gasteiger partial charge < -0.3 is 0 Å². The summed E-state index contributed by atoms with van der Waals surface area (Å²) in [7, 11) is -3.56. The Morgan fingerprint density at radius 2 is 2.12 bits per heavy atom. The molecule has 6 heteroatoms. The first-order valence-corrected chi connectivity index (χ1v) is 7.35. The highest BCUT2D eigenvalue weighted by Crippen LogP contribution is 2.17. The molecule has 1 unspecified atom stereocenters. The monoisotopic (exact) mass is 279 g/mol. The van der Waals surface area contributed by atoms with Gasteiger partial charge in [0, 0.05) is 5.88 Å². The van der Waals surface area contributed by atoms with E-state index >= 15 is 0 Å². The summed E-state index contributed by atoms with van der Waals surface area (Å²) in [6.07, 6.45) is 0. The summed E-state index contributed by atoms with van der Waals surface area (Å²) in [5, 5.41) is 0. The second-order valence-electron chi connectivity index (χ2n) is 4.13. The van der Waals surface area contributed by atoms with Crippen molar-refractivity contribution in [2.45, 2.75) is 13.8 Å². The van der Waals surface area contributed by atoms with E-state index in [1.165, 1.54) is 12.1 Å². The normalized spacial score (nSPS) is 13.4. The van der Waals surface area contributed by atoms with Crippen molar-refractivity contribution >= 4 is 27.3 Å². The van der Waals surface area contributed by atoms with Gasteiger partial charge >= 0.3 is 0 Å². The lowest BCUT2D eigenvalue weighted by Crippen LogP contribution is -2.22. The van der Waals surface area contributed by atoms with Crippen LogP contribution in [0.3, 0.4) is 0 Å². The summed E-state index contributed by atoms with van der Waals surface area (Å²) in [4.78, 5) is 0. The van der Waals surface area contributed by atoms with Crippen molar-refractivity contribution in [2.75, 3.05) is 16.4 Å². The zero-order valence-corrected chi connectivity index (χ0v) is 11.3. The Kier molecular flexibility index (Phi) is 4.77. The van der Waals surface area contributed by atoms with Crippen LogP contribution in [-0.4, -0.2) is 20.1 Å². The van der Waals surface area contributed by atoms with E-state index in [-0.39, 0.29) is 23.2 Å². The van der Waals surface area contributed by atoms with Crippen LogP contribution in [0.25, 0.3) is 0 Å². The molecule has 0 heterocycles. The van der Waals surface area contributed by atoms with Crippen molar-refractivity contribution < 1.29 is 12.8 Å². The Morgan fingerprint density at radius 3 is 2.65 bits per heavy atom. The van der Waals surface area contributed by atoms with Gasteiger partial charge in [0.25, 0.3) is 0 Å². The van der Waals surface area contributed by atoms with Crippen LogP contribution in [0.15, 0.2) is 18.2 Å². The van der Waals surface area contributed by atoms with Crippen LogP contribution in [0, 0.1) is 18.7 Å². The third-order valence-electron chi connectivity index (χ3n) is 2.16. The van der Waals surface area contributed by atoms with Gasteiger partial charge in [-0.15, -0.1) is 11.6 Å². The lowest BCUT2D eigenvalue weighted by molar-refractivity contribution is 0.586. The summed E-state index contributed by atoms with van der Waals surface area (Å²) in [6.45, 7) is 3.45. The molecule has 17 heavy (non-hydrogen) atoms. The van der Waals surface area contributed by atoms with Gasteiger partial charge in [0.2, 0.25) is 10.0 Å². The maximum absolute atomic E-state index is 13.4. The molecule has 1 aromatic rings. The predicted molar refractivity (Wildman–Crippen MR) is 68.4 cm³/mol. The van der Waals surface area contributed by atoms with Crippen LogP contribution in [-0.2, 0) is 10.0 Å². The van der Waals surface area contributed by atoms with Crippen LogP contribution in [0.2, 0.25) is 0 Å². The highest BCUT2D eigenvalue weighted by molar-refractivity contribution is 7.92. The van der Waals surface area contributed by atoms with Gasteiger partial charge in [-0.3, -0.25) is 4.72 Å². The summed E-state index contributed by atoms with van der Waals surface area (Å²) in [6, 6.07) is 4.34. The minimum atomic E-state index is -3.56. The summed E-state index contributed by atoms with van der Waals surface area (Å²) in [5.74, 6) is -0.629. The Morgan fingerprint density at radius 1 is 1.47 bits per heavy atom. The number of benzene rings is 1. The SMILES string of the molecule is Cc1ccc(NS(=O)(=O)CC(C)CCl)c(F)c1.